The third-order valence-electron chi connectivity index (χ3n) is 3.91. The lowest BCUT2D eigenvalue weighted by atomic mass is 9.75. The summed E-state index contributed by atoms with van der Waals surface area (Å²) in [6.45, 7) is 4.37. The summed E-state index contributed by atoms with van der Waals surface area (Å²) in [6.07, 6.45) is 7.01. The Balaban J connectivity index is 2.34. The molecule has 0 bridgehead atoms. The van der Waals surface area contributed by atoms with Gasteiger partial charge in [-0.05, 0) is 38.2 Å². The second kappa shape index (κ2) is 5.47. The van der Waals surface area contributed by atoms with Crippen LogP contribution in [0.1, 0.15) is 51.0 Å². The molecule has 1 aliphatic carbocycles. The van der Waals surface area contributed by atoms with Gasteiger partial charge in [0, 0.05) is 17.5 Å². The molecule has 1 aromatic carbocycles. The standard InChI is InChI=1S/C16H22O2/c1-3-4-12-6-5-11(2)9-15(12)14-8-7-13(17)10-16(14)18/h7-10,12,15,17-18H,3-6H2,1-2H3/t12-,15+/m0/s1. The summed E-state index contributed by atoms with van der Waals surface area (Å²) in [5.74, 6) is 1.24. The monoisotopic (exact) mass is 246 g/mol. The first kappa shape index (κ1) is 13.0. The van der Waals surface area contributed by atoms with Crippen LogP contribution in [-0.2, 0) is 0 Å². The molecule has 0 amide bonds. The molecule has 2 N–H and O–H groups in total. The minimum Gasteiger partial charge on any atom is -0.508 e. The SMILES string of the molecule is CCC[C@H]1CCC(C)=C[C@H]1c1ccc(O)cc1O. The molecule has 2 rings (SSSR count). The number of hydrogen-bond acceptors (Lipinski definition) is 2. The molecule has 0 saturated carbocycles. The smallest absolute Gasteiger partial charge is 0.123 e. The van der Waals surface area contributed by atoms with Gasteiger partial charge in [0.15, 0.2) is 0 Å². The van der Waals surface area contributed by atoms with Crippen molar-refractivity contribution in [2.24, 2.45) is 5.92 Å². The summed E-state index contributed by atoms with van der Waals surface area (Å²) >= 11 is 0. The van der Waals surface area contributed by atoms with Crippen LogP contribution in [0.15, 0.2) is 29.8 Å². The number of benzene rings is 1. The molecule has 1 aromatic rings. The maximum absolute atomic E-state index is 10.0. The molecule has 0 spiro atoms. The Kier molecular flexibility index (Phi) is 3.95. The van der Waals surface area contributed by atoms with E-state index >= 15 is 0 Å². The van der Waals surface area contributed by atoms with E-state index in [2.05, 4.69) is 19.9 Å². The van der Waals surface area contributed by atoms with E-state index in [0.29, 0.717) is 11.8 Å². The molecule has 0 heterocycles. The Morgan fingerprint density at radius 2 is 2.06 bits per heavy atom. The number of hydrogen-bond donors (Lipinski definition) is 2. The molecule has 0 aliphatic heterocycles. The lowest BCUT2D eigenvalue weighted by Gasteiger charge is -2.30. The highest BCUT2D eigenvalue weighted by atomic mass is 16.3. The molecule has 0 aromatic heterocycles. The van der Waals surface area contributed by atoms with Gasteiger partial charge < -0.3 is 10.2 Å². The molecule has 1 aliphatic rings. The summed E-state index contributed by atoms with van der Waals surface area (Å²) in [7, 11) is 0. The quantitative estimate of drug-likeness (QED) is 0.779. The number of rotatable bonds is 3. The van der Waals surface area contributed by atoms with Crippen molar-refractivity contribution in [3.05, 3.63) is 35.4 Å². The highest BCUT2D eigenvalue weighted by molar-refractivity contribution is 5.43. The molecule has 2 heteroatoms. The van der Waals surface area contributed by atoms with Crippen LogP contribution in [0.5, 0.6) is 11.5 Å². The zero-order chi connectivity index (χ0) is 13.1. The third kappa shape index (κ3) is 2.69. The number of phenols is 2. The summed E-state index contributed by atoms with van der Waals surface area (Å²) in [5, 5.41) is 19.4. The maximum Gasteiger partial charge on any atom is 0.123 e. The fraction of sp³-hybridized carbons (Fsp3) is 0.500. The fourth-order valence-corrected chi connectivity index (χ4v) is 2.97. The molecule has 2 nitrogen and oxygen atoms in total. The van der Waals surface area contributed by atoms with Crippen molar-refractivity contribution in [2.45, 2.75) is 45.4 Å². The van der Waals surface area contributed by atoms with Crippen LogP contribution in [0.4, 0.5) is 0 Å². The van der Waals surface area contributed by atoms with Gasteiger partial charge in [-0.25, -0.2) is 0 Å². The molecule has 2 atom stereocenters. The molecule has 0 radical (unpaired) electrons. The van der Waals surface area contributed by atoms with Crippen molar-refractivity contribution in [2.75, 3.05) is 0 Å². The van der Waals surface area contributed by atoms with Gasteiger partial charge in [-0.3, -0.25) is 0 Å². The molecular weight excluding hydrogens is 224 g/mol. The summed E-state index contributed by atoms with van der Waals surface area (Å²) in [6, 6.07) is 4.96. The number of allylic oxidation sites excluding steroid dienone is 2. The Morgan fingerprint density at radius 3 is 2.72 bits per heavy atom. The van der Waals surface area contributed by atoms with E-state index < -0.39 is 0 Å². The Bertz CT molecular complexity index is 448. The number of phenolic OH excluding ortho intramolecular Hbond substituents is 2. The predicted molar refractivity (Wildman–Crippen MR) is 73.9 cm³/mol. The summed E-state index contributed by atoms with van der Waals surface area (Å²) in [4.78, 5) is 0. The van der Waals surface area contributed by atoms with Crippen molar-refractivity contribution in [3.8, 4) is 11.5 Å². The zero-order valence-corrected chi connectivity index (χ0v) is 11.2. The highest BCUT2D eigenvalue weighted by Gasteiger charge is 2.26. The second-order valence-electron chi connectivity index (χ2n) is 5.37. The van der Waals surface area contributed by atoms with E-state index in [4.69, 9.17) is 0 Å². The lowest BCUT2D eigenvalue weighted by molar-refractivity contribution is 0.374. The first-order chi connectivity index (χ1) is 8.61. The van der Waals surface area contributed by atoms with Gasteiger partial charge in [0.1, 0.15) is 11.5 Å². The fourth-order valence-electron chi connectivity index (χ4n) is 2.97. The Morgan fingerprint density at radius 1 is 1.28 bits per heavy atom. The largest absolute Gasteiger partial charge is 0.508 e. The van der Waals surface area contributed by atoms with Gasteiger partial charge in [-0.15, -0.1) is 0 Å². The van der Waals surface area contributed by atoms with Gasteiger partial charge in [0.25, 0.3) is 0 Å². The summed E-state index contributed by atoms with van der Waals surface area (Å²) < 4.78 is 0. The van der Waals surface area contributed by atoms with E-state index in [1.807, 2.05) is 6.07 Å². The van der Waals surface area contributed by atoms with Crippen LogP contribution >= 0.6 is 0 Å². The number of aromatic hydroxyl groups is 2. The van der Waals surface area contributed by atoms with Gasteiger partial charge in [-0.1, -0.05) is 31.1 Å². The molecule has 0 fully saturated rings. The van der Waals surface area contributed by atoms with Crippen molar-refractivity contribution in [1.82, 2.24) is 0 Å². The van der Waals surface area contributed by atoms with Crippen molar-refractivity contribution >= 4 is 0 Å². The zero-order valence-electron chi connectivity index (χ0n) is 11.2. The minimum atomic E-state index is 0.125. The van der Waals surface area contributed by atoms with Gasteiger partial charge in [0.2, 0.25) is 0 Å². The van der Waals surface area contributed by atoms with Crippen LogP contribution in [-0.4, -0.2) is 10.2 Å². The summed E-state index contributed by atoms with van der Waals surface area (Å²) in [5.41, 5.74) is 2.35. The molecular formula is C16H22O2. The van der Waals surface area contributed by atoms with E-state index in [-0.39, 0.29) is 11.5 Å². The molecule has 0 unspecified atom stereocenters. The average molecular weight is 246 g/mol. The van der Waals surface area contributed by atoms with E-state index in [1.54, 1.807) is 6.07 Å². The average Bonchev–Trinajstić information content (AvgIpc) is 2.32. The van der Waals surface area contributed by atoms with Gasteiger partial charge in [-0.2, -0.15) is 0 Å². The topological polar surface area (TPSA) is 40.5 Å². The van der Waals surface area contributed by atoms with Crippen LogP contribution in [0.3, 0.4) is 0 Å². The minimum absolute atomic E-state index is 0.125. The molecule has 0 saturated heterocycles. The first-order valence-corrected chi connectivity index (χ1v) is 6.81. The highest BCUT2D eigenvalue weighted by Crippen LogP contribution is 2.42. The lowest BCUT2D eigenvalue weighted by Crippen LogP contribution is -2.16. The van der Waals surface area contributed by atoms with Crippen molar-refractivity contribution in [1.29, 1.82) is 0 Å². The van der Waals surface area contributed by atoms with E-state index in [9.17, 15) is 10.2 Å². The van der Waals surface area contributed by atoms with Gasteiger partial charge in [0.05, 0.1) is 0 Å². The van der Waals surface area contributed by atoms with Crippen LogP contribution < -0.4 is 0 Å². The Labute approximate surface area is 109 Å². The normalized spacial score (nSPS) is 23.8. The Hall–Kier alpha value is -1.44. The van der Waals surface area contributed by atoms with Crippen molar-refractivity contribution < 1.29 is 10.2 Å². The van der Waals surface area contributed by atoms with Crippen LogP contribution in [0.25, 0.3) is 0 Å². The third-order valence-corrected chi connectivity index (χ3v) is 3.91. The molecule has 18 heavy (non-hydrogen) atoms. The van der Waals surface area contributed by atoms with Crippen LogP contribution in [0, 0.1) is 5.92 Å². The molecule has 98 valence electrons. The first-order valence-electron chi connectivity index (χ1n) is 6.81. The second-order valence-corrected chi connectivity index (χ2v) is 5.37. The van der Waals surface area contributed by atoms with Crippen molar-refractivity contribution in [3.63, 3.8) is 0 Å². The van der Waals surface area contributed by atoms with Crippen LogP contribution in [0.2, 0.25) is 0 Å². The van der Waals surface area contributed by atoms with E-state index in [1.165, 1.54) is 37.3 Å². The maximum atomic E-state index is 10.0. The predicted octanol–water partition coefficient (Wildman–Crippen LogP) is 4.34. The van der Waals surface area contributed by atoms with Gasteiger partial charge >= 0.3 is 0 Å². The van der Waals surface area contributed by atoms with E-state index in [0.717, 1.165) is 5.56 Å².